The SMILES string of the molecule is O=C(O)C[C@H](O)c1ccccn1. The van der Waals surface area contributed by atoms with Gasteiger partial charge in [-0.3, -0.25) is 9.78 Å². The molecule has 0 amide bonds. The summed E-state index contributed by atoms with van der Waals surface area (Å²) in [6.07, 6.45) is 0.195. The van der Waals surface area contributed by atoms with Crippen LogP contribution < -0.4 is 0 Å². The predicted molar refractivity (Wildman–Crippen MR) is 41.4 cm³/mol. The van der Waals surface area contributed by atoms with E-state index in [1.165, 1.54) is 6.20 Å². The van der Waals surface area contributed by atoms with E-state index in [1.807, 2.05) is 0 Å². The van der Waals surface area contributed by atoms with E-state index in [2.05, 4.69) is 4.98 Å². The van der Waals surface area contributed by atoms with E-state index >= 15 is 0 Å². The van der Waals surface area contributed by atoms with Gasteiger partial charge in [-0.15, -0.1) is 0 Å². The smallest absolute Gasteiger partial charge is 0.306 e. The minimum atomic E-state index is -1.03. The number of nitrogens with zero attached hydrogens (tertiary/aromatic N) is 1. The summed E-state index contributed by atoms with van der Waals surface area (Å²) in [6, 6.07) is 5.00. The molecule has 0 saturated heterocycles. The van der Waals surface area contributed by atoms with Gasteiger partial charge < -0.3 is 10.2 Å². The molecular formula is C8H9NO3. The van der Waals surface area contributed by atoms with Crippen molar-refractivity contribution in [3.05, 3.63) is 30.1 Å². The summed E-state index contributed by atoms with van der Waals surface area (Å²) in [5.41, 5.74) is 0.389. The van der Waals surface area contributed by atoms with Crippen molar-refractivity contribution in [3.8, 4) is 0 Å². The van der Waals surface area contributed by atoms with Gasteiger partial charge in [0.1, 0.15) is 6.10 Å². The minimum Gasteiger partial charge on any atom is -0.481 e. The van der Waals surface area contributed by atoms with Gasteiger partial charge in [0.25, 0.3) is 0 Å². The van der Waals surface area contributed by atoms with E-state index in [1.54, 1.807) is 18.2 Å². The van der Waals surface area contributed by atoms with E-state index in [0.29, 0.717) is 5.69 Å². The lowest BCUT2D eigenvalue weighted by atomic mass is 10.2. The molecule has 0 radical (unpaired) electrons. The van der Waals surface area contributed by atoms with Crippen LogP contribution in [0.15, 0.2) is 24.4 Å². The van der Waals surface area contributed by atoms with Crippen LogP contribution >= 0.6 is 0 Å². The van der Waals surface area contributed by atoms with Crippen molar-refractivity contribution in [1.82, 2.24) is 4.98 Å². The van der Waals surface area contributed by atoms with Crippen LogP contribution in [0, 0.1) is 0 Å². The van der Waals surface area contributed by atoms with Gasteiger partial charge in [-0.1, -0.05) is 6.07 Å². The number of rotatable bonds is 3. The Balaban J connectivity index is 2.65. The largest absolute Gasteiger partial charge is 0.481 e. The van der Waals surface area contributed by atoms with Crippen molar-refractivity contribution in [1.29, 1.82) is 0 Å². The lowest BCUT2D eigenvalue weighted by Gasteiger charge is -2.05. The van der Waals surface area contributed by atoms with Gasteiger partial charge in [0.2, 0.25) is 0 Å². The van der Waals surface area contributed by atoms with E-state index in [0.717, 1.165) is 0 Å². The Kier molecular flexibility index (Phi) is 2.76. The minimum absolute atomic E-state index is 0.309. The van der Waals surface area contributed by atoms with Crippen molar-refractivity contribution < 1.29 is 15.0 Å². The first kappa shape index (κ1) is 8.67. The summed E-state index contributed by atoms with van der Waals surface area (Å²) in [6.45, 7) is 0. The number of aromatic nitrogens is 1. The second kappa shape index (κ2) is 3.82. The summed E-state index contributed by atoms with van der Waals surface area (Å²) < 4.78 is 0. The highest BCUT2D eigenvalue weighted by Crippen LogP contribution is 2.12. The molecule has 0 fully saturated rings. The van der Waals surface area contributed by atoms with Gasteiger partial charge in [-0.2, -0.15) is 0 Å². The molecule has 0 aliphatic carbocycles. The van der Waals surface area contributed by atoms with Crippen LogP contribution in [0.25, 0.3) is 0 Å². The summed E-state index contributed by atoms with van der Waals surface area (Å²) in [7, 11) is 0. The summed E-state index contributed by atoms with van der Waals surface area (Å²) in [4.78, 5) is 14.0. The van der Waals surface area contributed by atoms with Crippen LogP contribution in [0.2, 0.25) is 0 Å². The average molecular weight is 167 g/mol. The maximum Gasteiger partial charge on any atom is 0.306 e. The lowest BCUT2D eigenvalue weighted by Crippen LogP contribution is -2.06. The molecule has 0 bridgehead atoms. The third kappa shape index (κ3) is 2.32. The molecule has 0 aliphatic heterocycles. The van der Waals surface area contributed by atoms with Crippen LogP contribution in [0.1, 0.15) is 18.2 Å². The molecule has 64 valence electrons. The summed E-state index contributed by atoms with van der Waals surface area (Å²) >= 11 is 0. The number of carboxylic acids is 1. The highest BCUT2D eigenvalue weighted by Gasteiger charge is 2.11. The fraction of sp³-hybridized carbons (Fsp3) is 0.250. The molecule has 12 heavy (non-hydrogen) atoms. The van der Waals surface area contributed by atoms with Crippen molar-refractivity contribution in [2.45, 2.75) is 12.5 Å². The quantitative estimate of drug-likeness (QED) is 0.691. The first-order valence-corrected chi connectivity index (χ1v) is 3.51. The molecule has 4 heteroatoms. The molecule has 0 saturated carbocycles. The average Bonchev–Trinajstić information content (AvgIpc) is 2.05. The molecule has 1 atom stereocenters. The fourth-order valence-electron chi connectivity index (χ4n) is 0.843. The number of hydrogen-bond acceptors (Lipinski definition) is 3. The van der Waals surface area contributed by atoms with Gasteiger partial charge in [0, 0.05) is 6.20 Å². The first-order valence-electron chi connectivity index (χ1n) is 3.51. The Bertz CT molecular complexity index is 260. The lowest BCUT2D eigenvalue weighted by molar-refractivity contribution is -0.139. The first-order chi connectivity index (χ1) is 5.70. The van der Waals surface area contributed by atoms with Crippen molar-refractivity contribution in [2.24, 2.45) is 0 Å². The topological polar surface area (TPSA) is 70.4 Å². The molecule has 0 aromatic carbocycles. The Morgan fingerprint density at radius 1 is 1.58 bits per heavy atom. The van der Waals surface area contributed by atoms with E-state index in [4.69, 9.17) is 5.11 Å². The predicted octanol–water partition coefficient (Wildman–Crippen LogP) is 0.590. The molecule has 1 heterocycles. The van der Waals surface area contributed by atoms with Gasteiger partial charge >= 0.3 is 5.97 Å². The monoisotopic (exact) mass is 167 g/mol. The van der Waals surface area contributed by atoms with E-state index < -0.39 is 12.1 Å². The highest BCUT2D eigenvalue weighted by atomic mass is 16.4. The number of carboxylic acid groups (broad SMARTS) is 1. The summed E-state index contributed by atoms with van der Waals surface area (Å²) in [5, 5.41) is 17.6. The molecule has 1 aromatic rings. The molecule has 0 spiro atoms. The molecule has 0 aliphatic rings. The van der Waals surface area contributed by atoms with Crippen LogP contribution in [-0.4, -0.2) is 21.2 Å². The van der Waals surface area contributed by atoms with Crippen molar-refractivity contribution >= 4 is 5.97 Å². The van der Waals surface area contributed by atoms with Gasteiger partial charge in [-0.25, -0.2) is 0 Å². The third-order valence-corrected chi connectivity index (χ3v) is 1.40. The zero-order valence-electron chi connectivity index (χ0n) is 6.34. The number of carbonyl (C=O) groups is 1. The maximum absolute atomic E-state index is 10.2. The van der Waals surface area contributed by atoms with E-state index in [-0.39, 0.29) is 6.42 Å². The number of pyridine rings is 1. The normalized spacial score (nSPS) is 12.4. The molecule has 1 rings (SSSR count). The Hall–Kier alpha value is -1.42. The standard InChI is InChI=1S/C8H9NO3/c10-7(5-8(11)12)6-3-1-2-4-9-6/h1-4,7,10H,5H2,(H,11,12)/t7-/m0/s1. The van der Waals surface area contributed by atoms with Crippen molar-refractivity contribution in [3.63, 3.8) is 0 Å². The number of hydrogen-bond donors (Lipinski definition) is 2. The highest BCUT2D eigenvalue weighted by molar-refractivity contribution is 5.67. The Morgan fingerprint density at radius 2 is 2.33 bits per heavy atom. The fourth-order valence-corrected chi connectivity index (χ4v) is 0.843. The zero-order valence-corrected chi connectivity index (χ0v) is 6.34. The van der Waals surface area contributed by atoms with Crippen LogP contribution in [0.3, 0.4) is 0 Å². The number of aliphatic hydroxyl groups is 1. The van der Waals surface area contributed by atoms with Crippen LogP contribution in [0.5, 0.6) is 0 Å². The maximum atomic E-state index is 10.2. The number of aliphatic hydroxyl groups excluding tert-OH is 1. The third-order valence-electron chi connectivity index (χ3n) is 1.40. The van der Waals surface area contributed by atoms with Crippen LogP contribution in [-0.2, 0) is 4.79 Å². The zero-order chi connectivity index (χ0) is 8.97. The molecule has 2 N–H and O–H groups in total. The number of aliphatic carboxylic acids is 1. The Labute approximate surface area is 69.5 Å². The van der Waals surface area contributed by atoms with Gasteiger partial charge in [0.05, 0.1) is 12.1 Å². The molecule has 1 aromatic heterocycles. The van der Waals surface area contributed by atoms with E-state index in [9.17, 15) is 9.90 Å². The van der Waals surface area contributed by atoms with Gasteiger partial charge in [-0.05, 0) is 12.1 Å². The van der Waals surface area contributed by atoms with Crippen molar-refractivity contribution in [2.75, 3.05) is 0 Å². The second-order valence-corrected chi connectivity index (χ2v) is 2.37. The molecule has 0 unspecified atom stereocenters. The van der Waals surface area contributed by atoms with Gasteiger partial charge in [0.15, 0.2) is 0 Å². The Morgan fingerprint density at radius 3 is 2.83 bits per heavy atom. The summed E-state index contributed by atoms with van der Waals surface area (Å²) in [5.74, 6) is -1.03. The second-order valence-electron chi connectivity index (χ2n) is 2.37. The molecular weight excluding hydrogens is 158 g/mol. The molecule has 4 nitrogen and oxygen atoms in total. The van der Waals surface area contributed by atoms with Crippen LogP contribution in [0.4, 0.5) is 0 Å².